The smallest absolute Gasteiger partial charge is 0.276 e. The predicted octanol–water partition coefficient (Wildman–Crippen LogP) is 4.62. The standard InChI is InChI=1S/C17H12Cl2FN3O2/c18-13-2-1-3-14(19)16(13)21-17(24)15-8-9-23(22-15)10-25-12-6-4-11(20)5-7-12/h1-9H,10H2,(H,21,24). The maximum atomic E-state index is 12.8. The van der Waals surface area contributed by atoms with Gasteiger partial charge in [-0.2, -0.15) is 5.10 Å². The summed E-state index contributed by atoms with van der Waals surface area (Å²) in [6.45, 7) is 0.0752. The number of para-hydroxylation sites is 1. The molecule has 8 heteroatoms. The lowest BCUT2D eigenvalue weighted by Crippen LogP contribution is -2.14. The van der Waals surface area contributed by atoms with Gasteiger partial charge in [0.2, 0.25) is 0 Å². The number of carbonyl (C=O) groups is 1. The molecule has 1 heterocycles. The van der Waals surface area contributed by atoms with Gasteiger partial charge in [-0.3, -0.25) is 4.79 Å². The second-order valence-electron chi connectivity index (χ2n) is 5.02. The highest BCUT2D eigenvalue weighted by molar-refractivity contribution is 6.39. The van der Waals surface area contributed by atoms with Gasteiger partial charge in [-0.15, -0.1) is 0 Å². The molecule has 0 fully saturated rings. The summed E-state index contributed by atoms with van der Waals surface area (Å²) in [6.07, 6.45) is 1.59. The molecule has 0 saturated carbocycles. The molecule has 0 aliphatic heterocycles. The van der Waals surface area contributed by atoms with Gasteiger partial charge in [0.05, 0.1) is 15.7 Å². The number of halogens is 3. The number of hydrogen-bond acceptors (Lipinski definition) is 3. The fraction of sp³-hybridized carbons (Fsp3) is 0.0588. The van der Waals surface area contributed by atoms with Crippen LogP contribution < -0.4 is 10.1 Å². The number of nitrogens with one attached hydrogen (secondary N) is 1. The van der Waals surface area contributed by atoms with Crippen molar-refractivity contribution in [2.24, 2.45) is 0 Å². The van der Waals surface area contributed by atoms with Gasteiger partial charge < -0.3 is 10.1 Å². The zero-order valence-corrected chi connectivity index (χ0v) is 14.3. The van der Waals surface area contributed by atoms with Crippen molar-refractivity contribution in [3.05, 3.63) is 76.3 Å². The number of amides is 1. The number of hydrogen-bond donors (Lipinski definition) is 1. The van der Waals surface area contributed by atoms with E-state index in [1.165, 1.54) is 35.0 Å². The van der Waals surface area contributed by atoms with Gasteiger partial charge in [0, 0.05) is 6.20 Å². The van der Waals surface area contributed by atoms with Gasteiger partial charge in [0.25, 0.3) is 5.91 Å². The van der Waals surface area contributed by atoms with E-state index in [1.54, 1.807) is 24.4 Å². The first kappa shape index (κ1) is 17.3. The zero-order chi connectivity index (χ0) is 17.8. The summed E-state index contributed by atoms with van der Waals surface area (Å²) in [5, 5.41) is 7.41. The van der Waals surface area contributed by atoms with Crippen LogP contribution in [0.2, 0.25) is 10.0 Å². The van der Waals surface area contributed by atoms with Crippen molar-refractivity contribution in [1.82, 2.24) is 9.78 Å². The third-order valence-corrected chi connectivity index (χ3v) is 3.88. The molecule has 0 atom stereocenters. The Kier molecular flexibility index (Phi) is 5.21. The van der Waals surface area contributed by atoms with E-state index in [1.807, 2.05) is 0 Å². The number of nitrogens with zero attached hydrogens (tertiary/aromatic N) is 2. The Hall–Kier alpha value is -2.57. The van der Waals surface area contributed by atoms with Crippen molar-refractivity contribution in [2.75, 3.05) is 5.32 Å². The van der Waals surface area contributed by atoms with Crippen molar-refractivity contribution in [1.29, 1.82) is 0 Å². The molecule has 3 rings (SSSR count). The Morgan fingerprint density at radius 3 is 2.48 bits per heavy atom. The van der Waals surface area contributed by atoms with E-state index in [-0.39, 0.29) is 18.2 Å². The van der Waals surface area contributed by atoms with E-state index < -0.39 is 5.91 Å². The van der Waals surface area contributed by atoms with Crippen LogP contribution in [0.25, 0.3) is 0 Å². The molecule has 5 nitrogen and oxygen atoms in total. The Morgan fingerprint density at radius 2 is 1.80 bits per heavy atom. The SMILES string of the molecule is O=C(Nc1c(Cl)cccc1Cl)c1ccn(COc2ccc(F)cc2)n1. The fourth-order valence-electron chi connectivity index (χ4n) is 2.02. The van der Waals surface area contributed by atoms with E-state index in [4.69, 9.17) is 27.9 Å². The highest BCUT2D eigenvalue weighted by Gasteiger charge is 2.14. The molecule has 0 saturated heterocycles. The van der Waals surface area contributed by atoms with Crippen molar-refractivity contribution in [3.63, 3.8) is 0 Å². The van der Waals surface area contributed by atoms with Crippen LogP contribution in [0.1, 0.15) is 10.5 Å². The van der Waals surface area contributed by atoms with E-state index in [2.05, 4.69) is 10.4 Å². The van der Waals surface area contributed by atoms with Crippen LogP contribution in [-0.2, 0) is 6.73 Å². The van der Waals surface area contributed by atoms with Crippen LogP contribution in [0, 0.1) is 5.82 Å². The van der Waals surface area contributed by atoms with Crippen molar-refractivity contribution >= 4 is 34.8 Å². The Bertz CT molecular complexity index is 877. The maximum absolute atomic E-state index is 12.8. The largest absolute Gasteiger partial charge is 0.471 e. The quantitative estimate of drug-likeness (QED) is 0.703. The maximum Gasteiger partial charge on any atom is 0.276 e. The van der Waals surface area contributed by atoms with E-state index in [0.29, 0.717) is 21.5 Å². The minimum absolute atomic E-state index is 0.0752. The third-order valence-electron chi connectivity index (χ3n) is 3.25. The monoisotopic (exact) mass is 379 g/mol. The van der Waals surface area contributed by atoms with Crippen LogP contribution in [-0.4, -0.2) is 15.7 Å². The van der Waals surface area contributed by atoms with E-state index in [9.17, 15) is 9.18 Å². The average molecular weight is 380 g/mol. The summed E-state index contributed by atoms with van der Waals surface area (Å²) in [7, 11) is 0. The van der Waals surface area contributed by atoms with Crippen molar-refractivity contribution in [3.8, 4) is 5.75 Å². The van der Waals surface area contributed by atoms with Gasteiger partial charge in [0.1, 0.15) is 11.6 Å². The molecular weight excluding hydrogens is 368 g/mol. The molecule has 1 amide bonds. The van der Waals surface area contributed by atoms with Crippen LogP contribution in [0.15, 0.2) is 54.7 Å². The molecule has 1 N–H and O–H groups in total. The summed E-state index contributed by atoms with van der Waals surface area (Å²) < 4.78 is 19.7. The summed E-state index contributed by atoms with van der Waals surface area (Å²) in [5.41, 5.74) is 0.506. The van der Waals surface area contributed by atoms with Gasteiger partial charge >= 0.3 is 0 Å². The Balaban J connectivity index is 1.64. The lowest BCUT2D eigenvalue weighted by Gasteiger charge is -2.08. The van der Waals surface area contributed by atoms with Crippen LogP contribution in [0.5, 0.6) is 5.75 Å². The number of aromatic nitrogens is 2. The van der Waals surface area contributed by atoms with Crippen LogP contribution in [0.3, 0.4) is 0 Å². The first-order chi connectivity index (χ1) is 12.0. The summed E-state index contributed by atoms with van der Waals surface area (Å²) in [5.74, 6) is -0.301. The average Bonchev–Trinajstić information content (AvgIpc) is 3.07. The summed E-state index contributed by atoms with van der Waals surface area (Å²) >= 11 is 12.0. The van der Waals surface area contributed by atoms with Gasteiger partial charge in [-0.1, -0.05) is 29.3 Å². The highest BCUT2D eigenvalue weighted by atomic mass is 35.5. The Labute approximate surface area is 152 Å². The third kappa shape index (κ3) is 4.29. The zero-order valence-electron chi connectivity index (χ0n) is 12.7. The van der Waals surface area contributed by atoms with Crippen molar-refractivity contribution < 1.29 is 13.9 Å². The second-order valence-corrected chi connectivity index (χ2v) is 5.83. The van der Waals surface area contributed by atoms with Gasteiger partial charge in [-0.05, 0) is 42.5 Å². The molecule has 0 radical (unpaired) electrons. The van der Waals surface area contributed by atoms with E-state index in [0.717, 1.165) is 0 Å². The summed E-state index contributed by atoms with van der Waals surface area (Å²) in [6, 6.07) is 12.1. The fourth-order valence-corrected chi connectivity index (χ4v) is 2.51. The van der Waals surface area contributed by atoms with Gasteiger partial charge in [0.15, 0.2) is 12.4 Å². The Morgan fingerprint density at radius 1 is 1.12 bits per heavy atom. The lowest BCUT2D eigenvalue weighted by atomic mass is 10.3. The molecule has 1 aromatic heterocycles. The second kappa shape index (κ2) is 7.55. The summed E-state index contributed by atoms with van der Waals surface area (Å²) in [4.78, 5) is 12.3. The molecule has 0 aliphatic carbocycles. The molecule has 2 aromatic carbocycles. The number of benzene rings is 2. The number of rotatable bonds is 5. The molecule has 128 valence electrons. The molecule has 0 unspecified atom stereocenters. The lowest BCUT2D eigenvalue weighted by molar-refractivity contribution is 0.102. The number of carbonyl (C=O) groups excluding carboxylic acids is 1. The van der Waals surface area contributed by atoms with Crippen molar-refractivity contribution in [2.45, 2.75) is 6.73 Å². The molecule has 3 aromatic rings. The highest BCUT2D eigenvalue weighted by Crippen LogP contribution is 2.30. The molecule has 0 bridgehead atoms. The number of ether oxygens (including phenoxy) is 1. The first-order valence-electron chi connectivity index (χ1n) is 7.20. The number of anilines is 1. The topological polar surface area (TPSA) is 56.2 Å². The molecular formula is C17H12Cl2FN3O2. The van der Waals surface area contributed by atoms with E-state index >= 15 is 0 Å². The van der Waals surface area contributed by atoms with Gasteiger partial charge in [-0.25, -0.2) is 9.07 Å². The minimum Gasteiger partial charge on any atom is -0.471 e. The normalized spacial score (nSPS) is 10.5. The molecule has 25 heavy (non-hydrogen) atoms. The molecule has 0 aliphatic rings. The molecule has 0 spiro atoms. The first-order valence-corrected chi connectivity index (χ1v) is 7.96. The minimum atomic E-state index is -0.449. The predicted molar refractivity (Wildman–Crippen MR) is 93.7 cm³/mol. The van der Waals surface area contributed by atoms with Crippen LogP contribution in [0.4, 0.5) is 10.1 Å². The van der Waals surface area contributed by atoms with Crippen LogP contribution >= 0.6 is 23.2 Å².